The molecule has 28 heavy (non-hydrogen) atoms. The molecule has 0 radical (unpaired) electrons. The minimum Gasteiger partial charge on any atom is -0.487 e. The van der Waals surface area contributed by atoms with Crippen LogP contribution in [0, 0.1) is 11.3 Å². The average Bonchev–Trinajstić information content (AvgIpc) is 3.14. The van der Waals surface area contributed by atoms with Crippen molar-refractivity contribution in [2.75, 3.05) is 6.54 Å². The van der Waals surface area contributed by atoms with Gasteiger partial charge in [-0.15, -0.1) is 0 Å². The van der Waals surface area contributed by atoms with Crippen LogP contribution in [0.5, 0.6) is 5.75 Å². The Morgan fingerprint density at radius 1 is 1.29 bits per heavy atom. The minimum absolute atomic E-state index is 0.0920. The van der Waals surface area contributed by atoms with Gasteiger partial charge in [-0.05, 0) is 36.4 Å². The molecule has 0 aliphatic carbocycles. The van der Waals surface area contributed by atoms with Crippen molar-refractivity contribution in [3.63, 3.8) is 0 Å². The first kappa shape index (κ1) is 18.1. The Morgan fingerprint density at radius 3 is 2.96 bits per heavy atom. The molecule has 0 unspecified atom stereocenters. The Morgan fingerprint density at radius 2 is 2.14 bits per heavy atom. The molecule has 0 atom stereocenters. The van der Waals surface area contributed by atoms with E-state index in [1.54, 1.807) is 41.3 Å². The smallest absolute Gasteiger partial charge is 0.254 e. The number of H-pyrrole nitrogens is 1. The lowest BCUT2D eigenvalue weighted by Gasteiger charge is -2.27. The lowest BCUT2D eigenvalue weighted by Crippen LogP contribution is -2.36. The van der Waals surface area contributed by atoms with Gasteiger partial charge in [0, 0.05) is 41.4 Å². The number of hydrogen-bond donors (Lipinski definition) is 1. The number of amides is 1. The number of rotatable bonds is 4. The van der Waals surface area contributed by atoms with E-state index in [2.05, 4.69) is 16.3 Å². The minimum atomic E-state index is -0.0920. The first-order chi connectivity index (χ1) is 13.6. The first-order valence-corrected chi connectivity index (χ1v) is 9.24. The molecular formula is C21H17ClN4O2. The Hall–Kier alpha value is -3.30. The van der Waals surface area contributed by atoms with Crippen molar-refractivity contribution in [3.05, 3.63) is 81.6 Å². The van der Waals surface area contributed by atoms with Crippen LogP contribution >= 0.6 is 11.6 Å². The molecule has 2 aromatic carbocycles. The van der Waals surface area contributed by atoms with Crippen molar-refractivity contribution in [2.45, 2.75) is 19.6 Å². The largest absolute Gasteiger partial charge is 0.487 e. The first-order valence-electron chi connectivity index (χ1n) is 8.87. The van der Waals surface area contributed by atoms with Crippen LogP contribution in [-0.4, -0.2) is 27.5 Å². The van der Waals surface area contributed by atoms with E-state index in [9.17, 15) is 4.79 Å². The fourth-order valence-corrected chi connectivity index (χ4v) is 3.44. The summed E-state index contributed by atoms with van der Waals surface area (Å²) >= 11 is 5.99. The van der Waals surface area contributed by atoms with Gasteiger partial charge in [-0.2, -0.15) is 10.4 Å². The predicted octanol–water partition coefficient (Wildman–Crippen LogP) is 3.71. The normalized spacial score (nSPS) is 12.9. The molecular weight excluding hydrogens is 376 g/mol. The van der Waals surface area contributed by atoms with Crippen LogP contribution in [0.3, 0.4) is 0 Å². The van der Waals surface area contributed by atoms with Gasteiger partial charge < -0.3 is 9.64 Å². The summed E-state index contributed by atoms with van der Waals surface area (Å²) in [5.74, 6) is 0.576. The van der Waals surface area contributed by atoms with Crippen LogP contribution in [0.2, 0.25) is 5.02 Å². The van der Waals surface area contributed by atoms with Crippen LogP contribution in [0.4, 0.5) is 0 Å². The maximum atomic E-state index is 12.9. The zero-order valence-electron chi connectivity index (χ0n) is 15.0. The summed E-state index contributed by atoms with van der Waals surface area (Å²) in [5, 5.41) is 17.1. The van der Waals surface area contributed by atoms with E-state index in [1.807, 2.05) is 12.1 Å². The van der Waals surface area contributed by atoms with E-state index < -0.39 is 0 Å². The maximum Gasteiger partial charge on any atom is 0.254 e. The fourth-order valence-electron chi connectivity index (χ4n) is 3.26. The van der Waals surface area contributed by atoms with Crippen LogP contribution in [0.15, 0.2) is 48.5 Å². The zero-order chi connectivity index (χ0) is 19.5. The number of carbonyl (C=O) groups is 1. The molecule has 3 aromatic rings. The molecule has 4 rings (SSSR count). The van der Waals surface area contributed by atoms with E-state index in [1.165, 1.54) is 0 Å². The van der Waals surface area contributed by atoms with Crippen LogP contribution < -0.4 is 4.74 Å². The van der Waals surface area contributed by atoms with Gasteiger partial charge in [-0.1, -0.05) is 23.7 Å². The third kappa shape index (κ3) is 3.71. The van der Waals surface area contributed by atoms with Gasteiger partial charge in [0.25, 0.3) is 5.91 Å². The van der Waals surface area contributed by atoms with E-state index in [0.29, 0.717) is 41.4 Å². The topological polar surface area (TPSA) is 82.0 Å². The van der Waals surface area contributed by atoms with Gasteiger partial charge in [-0.3, -0.25) is 9.89 Å². The SMILES string of the molecule is N#Cc1cccc(C(=O)N2CCc3[nH]nc(COc4cccc(Cl)c4)c3C2)c1. The highest BCUT2D eigenvalue weighted by Crippen LogP contribution is 2.24. The van der Waals surface area contributed by atoms with Gasteiger partial charge >= 0.3 is 0 Å². The van der Waals surface area contributed by atoms with Gasteiger partial charge in [0.05, 0.1) is 11.6 Å². The van der Waals surface area contributed by atoms with Crippen molar-refractivity contribution in [1.29, 1.82) is 5.26 Å². The quantitative estimate of drug-likeness (QED) is 0.733. The summed E-state index contributed by atoms with van der Waals surface area (Å²) in [7, 11) is 0. The summed E-state index contributed by atoms with van der Waals surface area (Å²) in [6.45, 7) is 1.34. The maximum absolute atomic E-state index is 12.9. The fraction of sp³-hybridized carbons (Fsp3) is 0.190. The summed E-state index contributed by atoms with van der Waals surface area (Å²) in [5.41, 5.74) is 3.78. The molecule has 7 heteroatoms. The number of nitriles is 1. The highest BCUT2D eigenvalue weighted by molar-refractivity contribution is 6.30. The zero-order valence-corrected chi connectivity index (χ0v) is 15.7. The van der Waals surface area contributed by atoms with E-state index in [0.717, 1.165) is 17.0 Å². The lowest BCUT2D eigenvalue weighted by molar-refractivity contribution is 0.0733. The monoisotopic (exact) mass is 392 g/mol. The molecule has 2 heterocycles. The number of carbonyl (C=O) groups excluding carboxylic acids is 1. The second kappa shape index (κ2) is 7.75. The number of halogens is 1. The summed E-state index contributed by atoms with van der Waals surface area (Å²) < 4.78 is 5.80. The van der Waals surface area contributed by atoms with Crippen LogP contribution in [-0.2, 0) is 19.6 Å². The Labute approximate surface area is 167 Å². The second-order valence-corrected chi connectivity index (χ2v) is 6.98. The van der Waals surface area contributed by atoms with E-state index in [-0.39, 0.29) is 12.5 Å². The number of hydrogen-bond acceptors (Lipinski definition) is 4. The average molecular weight is 393 g/mol. The molecule has 0 saturated heterocycles. The molecule has 1 N–H and O–H groups in total. The van der Waals surface area contributed by atoms with Crippen LogP contribution in [0.1, 0.15) is 32.9 Å². The van der Waals surface area contributed by atoms with Crippen molar-refractivity contribution in [3.8, 4) is 11.8 Å². The number of aromatic amines is 1. The number of nitrogens with zero attached hydrogens (tertiary/aromatic N) is 3. The number of benzene rings is 2. The van der Waals surface area contributed by atoms with Crippen molar-refractivity contribution < 1.29 is 9.53 Å². The Kier molecular flexibility index (Phi) is 5.00. The standard InChI is InChI=1S/C21H17ClN4O2/c22-16-5-2-6-17(10-16)28-13-20-18-12-26(8-7-19(18)24-25-20)21(27)15-4-1-3-14(9-15)11-23/h1-6,9-10H,7-8,12-13H2,(H,24,25). The van der Waals surface area contributed by atoms with Crippen molar-refractivity contribution in [1.82, 2.24) is 15.1 Å². The van der Waals surface area contributed by atoms with Crippen molar-refractivity contribution >= 4 is 17.5 Å². The summed E-state index contributed by atoms with van der Waals surface area (Å²) in [6, 6.07) is 16.0. The molecule has 0 saturated carbocycles. The molecule has 1 aliphatic rings. The van der Waals surface area contributed by atoms with Gasteiger partial charge in [0.1, 0.15) is 18.1 Å². The number of fused-ring (bicyclic) bond motifs is 1. The molecule has 0 fully saturated rings. The molecule has 1 aromatic heterocycles. The van der Waals surface area contributed by atoms with E-state index in [4.69, 9.17) is 21.6 Å². The summed E-state index contributed by atoms with van der Waals surface area (Å²) in [6.07, 6.45) is 0.698. The molecule has 0 spiro atoms. The molecule has 1 amide bonds. The molecule has 1 aliphatic heterocycles. The number of aromatic nitrogens is 2. The molecule has 140 valence electrons. The third-order valence-electron chi connectivity index (χ3n) is 4.72. The number of nitrogens with one attached hydrogen (secondary N) is 1. The molecule has 0 bridgehead atoms. The van der Waals surface area contributed by atoms with Gasteiger partial charge in [0.2, 0.25) is 0 Å². The lowest BCUT2D eigenvalue weighted by atomic mass is 10.0. The van der Waals surface area contributed by atoms with E-state index >= 15 is 0 Å². The Bertz CT molecular complexity index is 1070. The van der Waals surface area contributed by atoms with Gasteiger partial charge in [-0.25, -0.2) is 0 Å². The second-order valence-electron chi connectivity index (χ2n) is 6.54. The van der Waals surface area contributed by atoms with Gasteiger partial charge in [0.15, 0.2) is 0 Å². The van der Waals surface area contributed by atoms with Crippen molar-refractivity contribution in [2.24, 2.45) is 0 Å². The summed E-state index contributed by atoms with van der Waals surface area (Å²) in [4.78, 5) is 14.6. The predicted molar refractivity (Wildman–Crippen MR) is 104 cm³/mol. The third-order valence-corrected chi connectivity index (χ3v) is 4.95. The number of ether oxygens (including phenoxy) is 1. The highest BCUT2D eigenvalue weighted by atomic mass is 35.5. The highest BCUT2D eigenvalue weighted by Gasteiger charge is 2.26. The van der Waals surface area contributed by atoms with Crippen LogP contribution in [0.25, 0.3) is 0 Å². The Balaban J connectivity index is 1.49. The molecule has 6 nitrogen and oxygen atoms in total.